The Bertz CT molecular complexity index is 1570. The Morgan fingerprint density at radius 3 is 2.53 bits per heavy atom. The van der Waals surface area contributed by atoms with E-state index in [0.717, 1.165) is 64.0 Å². The molecule has 0 saturated heterocycles. The van der Waals surface area contributed by atoms with Gasteiger partial charge in [-0.3, -0.25) is 4.79 Å². The van der Waals surface area contributed by atoms with Crippen molar-refractivity contribution in [1.29, 1.82) is 0 Å². The monoisotopic (exact) mass is 510 g/mol. The molecule has 0 bridgehead atoms. The van der Waals surface area contributed by atoms with E-state index in [1.165, 1.54) is 16.9 Å². The zero-order valence-corrected chi connectivity index (χ0v) is 21.0. The number of carbonyl (C=O) groups is 1. The molecule has 1 aliphatic rings. The minimum atomic E-state index is -0.256. The molecule has 3 heterocycles. The summed E-state index contributed by atoms with van der Waals surface area (Å²) >= 11 is 7.65. The number of pyridine rings is 1. The number of halogens is 1. The van der Waals surface area contributed by atoms with Crippen LogP contribution in [0, 0.1) is 0 Å². The van der Waals surface area contributed by atoms with Crippen LogP contribution in [0.25, 0.3) is 27.0 Å². The molecule has 1 aliphatic carbocycles. The third kappa shape index (κ3) is 4.23. The van der Waals surface area contributed by atoms with Crippen LogP contribution in [0.4, 0.5) is 0 Å². The van der Waals surface area contributed by atoms with Gasteiger partial charge in [-0.2, -0.15) is 5.10 Å². The first-order chi connectivity index (χ1) is 17.7. The number of nitrogens with zero attached hydrogens (tertiary/aromatic N) is 3. The zero-order valence-electron chi connectivity index (χ0n) is 19.4. The van der Waals surface area contributed by atoms with E-state index >= 15 is 0 Å². The number of nitrogens with one attached hydrogen (secondary N) is 1. The molecule has 0 atom stereocenters. The smallest absolute Gasteiger partial charge is 0.283 e. The fraction of sp³-hybridized carbons (Fsp3) is 0.138. The first-order valence-corrected chi connectivity index (χ1v) is 13.1. The number of amides is 1. The topological polar surface area (TPSA) is 59.3 Å². The van der Waals surface area contributed by atoms with Gasteiger partial charge in [0.15, 0.2) is 0 Å². The van der Waals surface area contributed by atoms with Crippen LogP contribution in [-0.4, -0.2) is 21.7 Å². The molecule has 6 rings (SSSR count). The third-order valence-electron chi connectivity index (χ3n) is 6.47. The second-order valence-corrected chi connectivity index (χ2v) is 10.2. The summed E-state index contributed by atoms with van der Waals surface area (Å²) in [5.74, 6) is -0.256. The van der Waals surface area contributed by atoms with E-state index in [1.807, 2.05) is 71.6 Å². The van der Waals surface area contributed by atoms with Gasteiger partial charge in [0.25, 0.3) is 5.91 Å². The lowest BCUT2D eigenvalue weighted by molar-refractivity contribution is 0.0959. The normalized spacial score (nSPS) is 13.2. The van der Waals surface area contributed by atoms with Gasteiger partial charge in [0.1, 0.15) is 9.71 Å². The average molecular weight is 511 g/mol. The molecule has 3 aromatic heterocycles. The summed E-state index contributed by atoms with van der Waals surface area (Å²) in [5.41, 5.74) is 9.12. The summed E-state index contributed by atoms with van der Waals surface area (Å²) < 4.78 is 2.00. The standard InChI is InChI=1S/C29H23ClN4OS/c30-21-14-12-20(13-15-21)24-22-10-4-5-11-23(22)32-29-25(24)26(34-16-6-7-17-34)27(36-29)28(35)33-31-18-19-8-2-1-3-9-19/h1-3,6-9,12-18H,4-5,10-11H2,(H,33,35)/b31-18+. The summed E-state index contributed by atoms with van der Waals surface area (Å²) in [4.78, 5) is 20.0. The summed E-state index contributed by atoms with van der Waals surface area (Å²) in [6.07, 6.45) is 9.77. The van der Waals surface area contributed by atoms with E-state index in [1.54, 1.807) is 6.21 Å². The second kappa shape index (κ2) is 9.72. The van der Waals surface area contributed by atoms with Crippen molar-refractivity contribution in [3.63, 3.8) is 0 Å². The molecular formula is C29H23ClN4OS. The van der Waals surface area contributed by atoms with Gasteiger partial charge in [0.05, 0.1) is 11.9 Å². The van der Waals surface area contributed by atoms with Gasteiger partial charge in [-0.05, 0) is 72.2 Å². The van der Waals surface area contributed by atoms with Gasteiger partial charge < -0.3 is 4.57 Å². The molecule has 0 unspecified atom stereocenters. The van der Waals surface area contributed by atoms with Gasteiger partial charge >= 0.3 is 0 Å². The fourth-order valence-corrected chi connectivity index (χ4v) is 6.06. The van der Waals surface area contributed by atoms with Crippen molar-refractivity contribution in [2.24, 2.45) is 5.10 Å². The van der Waals surface area contributed by atoms with Crippen molar-refractivity contribution >= 4 is 45.3 Å². The highest BCUT2D eigenvalue weighted by Gasteiger charge is 2.27. The maximum absolute atomic E-state index is 13.5. The maximum atomic E-state index is 13.5. The predicted octanol–water partition coefficient (Wildman–Crippen LogP) is 7.05. The number of rotatable bonds is 5. The Morgan fingerprint density at radius 2 is 1.75 bits per heavy atom. The van der Waals surface area contributed by atoms with Crippen LogP contribution in [-0.2, 0) is 12.8 Å². The average Bonchev–Trinajstić information content (AvgIpc) is 3.56. The van der Waals surface area contributed by atoms with Gasteiger partial charge in [0.2, 0.25) is 0 Å². The van der Waals surface area contributed by atoms with E-state index in [0.29, 0.717) is 9.90 Å². The lowest BCUT2D eigenvalue weighted by Gasteiger charge is -2.21. The summed E-state index contributed by atoms with van der Waals surface area (Å²) in [5, 5.41) is 5.91. The number of aryl methyl sites for hydroxylation is 1. The number of benzene rings is 2. The lowest BCUT2D eigenvalue weighted by Crippen LogP contribution is -2.18. The van der Waals surface area contributed by atoms with Crippen molar-refractivity contribution in [2.75, 3.05) is 0 Å². The van der Waals surface area contributed by atoms with Crippen LogP contribution < -0.4 is 5.43 Å². The van der Waals surface area contributed by atoms with Gasteiger partial charge in [-0.15, -0.1) is 11.3 Å². The van der Waals surface area contributed by atoms with E-state index in [9.17, 15) is 4.79 Å². The highest BCUT2D eigenvalue weighted by Crippen LogP contribution is 2.44. The quantitative estimate of drug-likeness (QED) is 0.203. The summed E-state index contributed by atoms with van der Waals surface area (Å²) in [6, 6.07) is 21.6. The number of carbonyl (C=O) groups excluding carboxylic acids is 1. The molecule has 36 heavy (non-hydrogen) atoms. The molecule has 0 saturated carbocycles. The molecule has 178 valence electrons. The summed E-state index contributed by atoms with van der Waals surface area (Å²) in [6.45, 7) is 0. The van der Waals surface area contributed by atoms with Crippen molar-refractivity contribution in [3.05, 3.63) is 106 Å². The number of hydrogen-bond acceptors (Lipinski definition) is 4. The Labute approximate surface area is 218 Å². The van der Waals surface area contributed by atoms with E-state index < -0.39 is 0 Å². The van der Waals surface area contributed by atoms with E-state index in [4.69, 9.17) is 16.6 Å². The molecule has 0 spiro atoms. The maximum Gasteiger partial charge on any atom is 0.283 e. The Morgan fingerprint density at radius 1 is 1.00 bits per heavy atom. The first kappa shape index (κ1) is 22.7. The van der Waals surface area contributed by atoms with Crippen LogP contribution in [0.3, 0.4) is 0 Å². The Hall–Kier alpha value is -3.74. The van der Waals surface area contributed by atoms with Gasteiger partial charge in [0, 0.05) is 28.5 Å². The number of fused-ring (bicyclic) bond motifs is 2. The lowest BCUT2D eigenvalue weighted by atomic mass is 9.87. The van der Waals surface area contributed by atoms with Crippen LogP contribution >= 0.6 is 22.9 Å². The van der Waals surface area contributed by atoms with E-state index in [2.05, 4.69) is 22.7 Å². The third-order valence-corrected chi connectivity index (χ3v) is 7.80. The molecule has 7 heteroatoms. The molecule has 5 aromatic rings. The van der Waals surface area contributed by atoms with Crippen LogP contribution in [0.2, 0.25) is 5.02 Å². The molecule has 2 aromatic carbocycles. The molecule has 1 N–H and O–H groups in total. The largest absolute Gasteiger partial charge is 0.322 e. The van der Waals surface area contributed by atoms with Crippen LogP contribution in [0.5, 0.6) is 0 Å². The number of thiophene rings is 1. The van der Waals surface area contributed by atoms with Gasteiger partial charge in [-0.1, -0.05) is 54.1 Å². The summed E-state index contributed by atoms with van der Waals surface area (Å²) in [7, 11) is 0. The number of aromatic nitrogens is 2. The fourth-order valence-electron chi connectivity index (χ4n) is 4.84. The minimum Gasteiger partial charge on any atom is -0.322 e. The molecule has 0 radical (unpaired) electrons. The first-order valence-electron chi connectivity index (χ1n) is 11.9. The Balaban J connectivity index is 1.54. The zero-order chi connectivity index (χ0) is 24.5. The van der Waals surface area contributed by atoms with E-state index in [-0.39, 0.29) is 5.91 Å². The SMILES string of the molecule is O=C(N/N=C/c1ccccc1)c1sc2nc3c(c(-c4ccc(Cl)cc4)c2c1-n1cccc1)CCCC3. The second-order valence-electron chi connectivity index (χ2n) is 8.79. The molecule has 5 nitrogen and oxygen atoms in total. The minimum absolute atomic E-state index is 0.256. The van der Waals surface area contributed by atoms with Crippen LogP contribution in [0.15, 0.2) is 84.2 Å². The molecule has 0 aliphatic heterocycles. The van der Waals surface area contributed by atoms with Gasteiger partial charge in [-0.25, -0.2) is 10.4 Å². The van der Waals surface area contributed by atoms with Crippen molar-refractivity contribution < 1.29 is 4.79 Å². The van der Waals surface area contributed by atoms with Crippen molar-refractivity contribution in [1.82, 2.24) is 15.0 Å². The number of hydrogen-bond donors (Lipinski definition) is 1. The Kier molecular flexibility index (Phi) is 6.13. The van der Waals surface area contributed by atoms with Crippen LogP contribution in [0.1, 0.15) is 39.3 Å². The molecule has 1 amide bonds. The predicted molar refractivity (Wildman–Crippen MR) is 148 cm³/mol. The highest BCUT2D eigenvalue weighted by atomic mass is 35.5. The van der Waals surface area contributed by atoms with Crippen molar-refractivity contribution in [2.45, 2.75) is 25.7 Å². The number of hydrazone groups is 1. The molecular weight excluding hydrogens is 488 g/mol. The van der Waals surface area contributed by atoms with Crippen molar-refractivity contribution in [3.8, 4) is 16.8 Å². The highest BCUT2D eigenvalue weighted by molar-refractivity contribution is 7.21. The molecule has 0 fully saturated rings.